The third-order valence-corrected chi connectivity index (χ3v) is 3.51. The molecule has 1 aromatic carbocycles. The van der Waals surface area contributed by atoms with Crippen LogP contribution < -0.4 is 9.64 Å². The summed E-state index contributed by atoms with van der Waals surface area (Å²) in [7, 11) is 0. The standard InChI is InChI=1S/C16H18ClNO2/c1-3-9-18(16(19)4-2)13-7-8-15(14(17)10-13)20-11-12-5-6-12/h2,7-8,10,12H,3,5-6,9,11H2,1H3. The van der Waals surface area contributed by atoms with Gasteiger partial charge in [0.25, 0.3) is 0 Å². The van der Waals surface area contributed by atoms with Crippen LogP contribution in [-0.4, -0.2) is 19.1 Å². The van der Waals surface area contributed by atoms with Gasteiger partial charge in [-0.25, -0.2) is 0 Å². The lowest BCUT2D eigenvalue weighted by molar-refractivity contribution is -0.113. The molecule has 106 valence electrons. The first-order valence-electron chi connectivity index (χ1n) is 6.86. The third kappa shape index (κ3) is 3.68. The van der Waals surface area contributed by atoms with Crippen LogP contribution in [0.15, 0.2) is 18.2 Å². The fourth-order valence-corrected chi connectivity index (χ4v) is 2.15. The molecule has 0 spiro atoms. The summed E-state index contributed by atoms with van der Waals surface area (Å²) in [6, 6.07) is 5.35. The number of amides is 1. The molecule has 0 aromatic heterocycles. The first-order chi connectivity index (χ1) is 9.65. The summed E-state index contributed by atoms with van der Waals surface area (Å²) in [4.78, 5) is 13.3. The average molecular weight is 292 g/mol. The van der Waals surface area contributed by atoms with Gasteiger partial charge in [0.05, 0.1) is 11.6 Å². The molecule has 0 aliphatic heterocycles. The molecular weight excluding hydrogens is 274 g/mol. The minimum atomic E-state index is -0.352. The van der Waals surface area contributed by atoms with E-state index in [0.29, 0.717) is 35.5 Å². The maximum Gasteiger partial charge on any atom is 0.302 e. The van der Waals surface area contributed by atoms with Crippen LogP contribution in [0.4, 0.5) is 5.69 Å². The van der Waals surface area contributed by atoms with Crippen LogP contribution in [0.2, 0.25) is 5.02 Å². The van der Waals surface area contributed by atoms with Crippen molar-refractivity contribution >= 4 is 23.2 Å². The van der Waals surface area contributed by atoms with Crippen LogP contribution in [0.3, 0.4) is 0 Å². The van der Waals surface area contributed by atoms with E-state index in [2.05, 4.69) is 5.92 Å². The van der Waals surface area contributed by atoms with E-state index < -0.39 is 0 Å². The first-order valence-corrected chi connectivity index (χ1v) is 7.24. The van der Waals surface area contributed by atoms with Crippen molar-refractivity contribution in [3.63, 3.8) is 0 Å². The fraction of sp³-hybridized carbons (Fsp3) is 0.438. The Morgan fingerprint density at radius 3 is 2.85 bits per heavy atom. The zero-order valence-corrected chi connectivity index (χ0v) is 12.3. The van der Waals surface area contributed by atoms with Crippen molar-refractivity contribution in [1.29, 1.82) is 0 Å². The van der Waals surface area contributed by atoms with E-state index in [1.54, 1.807) is 17.0 Å². The molecule has 1 aliphatic rings. The Morgan fingerprint density at radius 1 is 1.55 bits per heavy atom. The van der Waals surface area contributed by atoms with E-state index in [1.165, 1.54) is 12.8 Å². The number of halogens is 1. The normalized spacial score (nSPS) is 13.7. The Kier molecular flexibility index (Phi) is 4.92. The molecule has 3 nitrogen and oxygen atoms in total. The molecule has 0 bridgehead atoms. The van der Waals surface area contributed by atoms with Crippen molar-refractivity contribution in [3.05, 3.63) is 23.2 Å². The molecule has 0 radical (unpaired) electrons. The van der Waals surface area contributed by atoms with Gasteiger partial charge in [-0.3, -0.25) is 4.79 Å². The molecule has 1 amide bonds. The summed E-state index contributed by atoms with van der Waals surface area (Å²) in [5, 5.41) is 0.508. The number of nitrogens with zero attached hydrogens (tertiary/aromatic N) is 1. The van der Waals surface area contributed by atoms with Crippen molar-refractivity contribution < 1.29 is 9.53 Å². The molecular formula is C16H18ClNO2. The molecule has 0 N–H and O–H groups in total. The zero-order valence-electron chi connectivity index (χ0n) is 11.6. The summed E-state index contributed by atoms with van der Waals surface area (Å²) in [5.41, 5.74) is 0.707. The predicted octanol–water partition coefficient (Wildman–Crippen LogP) is 3.51. The molecule has 2 rings (SSSR count). The van der Waals surface area contributed by atoms with Gasteiger partial charge in [0, 0.05) is 12.2 Å². The van der Waals surface area contributed by atoms with Crippen LogP contribution in [0.1, 0.15) is 26.2 Å². The topological polar surface area (TPSA) is 29.5 Å². The number of terminal acetylenes is 1. The van der Waals surface area contributed by atoms with Gasteiger partial charge < -0.3 is 9.64 Å². The monoisotopic (exact) mass is 291 g/mol. The number of ether oxygens (including phenoxy) is 1. The van der Waals surface area contributed by atoms with Crippen LogP contribution in [-0.2, 0) is 4.79 Å². The van der Waals surface area contributed by atoms with Crippen LogP contribution in [0, 0.1) is 18.3 Å². The molecule has 4 heteroatoms. The molecule has 0 atom stereocenters. The second-order valence-electron chi connectivity index (χ2n) is 4.97. The number of carbonyl (C=O) groups excluding carboxylic acids is 1. The van der Waals surface area contributed by atoms with E-state index in [0.717, 1.165) is 6.42 Å². The molecule has 0 heterocycles. The molecule has 1 aromatic rings. The van der Waals surface area contributed by atoms with Crippen molar-refractivity contribution in [2.24, 2.45) is 5.92 Å². The van der Waals surface area contributed by atoms with Gasteiger partial charge in [-0.15, -0.1) is 6.42 Å². The molecule has 20 heavy (non-hydrogen) atoms. The number of carbonyl (C=O) groups is 1. The van der Waals surface area contributed by atoms with Gasteiger partial charge in [-0.2, -0.15) is 0 Å². The van der Waals surface area contributed by atoms with Gasteiger partial charge in [0.15, 0.2) is 0 Å². The lowest BCUT2D eigenvalue weighted by atomic mass is 10.2. The van der Waals surface area contributed by atoms with Gasteiger partial charge >= 0.3 is 5.91 Å². The molecule has 1 saturated carbocycles. The Hall–Kier alpha value is -1.66. The molecule has 1 aliphatic carbocycles. The van der Waals surface area contributed by atoms with Crippen LogP contribution >= 0.6 is 11.6 Å². The SMILES string of the molecule is C#CC(=O)N(CCC)c1ccc(OCC2CC2)c(Cl)c1. The Labute approximate surface area is 124 Å². The highest BCUT2D eigenvalue weighted by atomic mass is 35.5. The van der Waals surface area contributed by atoms with Gasteiger partial charge in [0.1, 0.15) is 5.75 Å². The van der Waals surface area contributed by atoms with Crippen molar-refractivity contribution in [1.82, 2.24) is 0 Å². The summed E-state index contributed by atoms with van der Waals surface area (Å²) in [6.07, 6.45) is 8.49. The Balaban J connectivity index is 2.12. The second kappa shape index (κ2) is 6.67. The predicted molar refractivity (Wildman–Crippen MR) is 81.1 cm³/mol. The van der Waals surface area contributed by atoms with E-state index in [-0.39, 0.29) is 5.91 Å². The maximum absolute atomic E-state index is 11.7. The Bertz CT molecular complexity index is 532. The van der Waals surface area contributed by atoms with E-state index in [4.69, 9.17) is 22.8 Å². The third-order valence-electron chi connectivity index (χ3n) is 3.21. The maximum atomic E-state index is 11.7. The highest BCUT2D eigenvalue weighted by Gasteiger charge is 2.22. The van der Waals surface area contributed by atoms with Gasteiger partial charge in [0.2, 0.25) is 0 Å². The number of hydrogen-bond acceptors (Lipinski definition) is 2. The summed E-state index contributed by atoms with van der Waals surface area (Å²) in [5.74, 6) is 3.12. The average Bonchev–Trinajstić information content (AvgIpc) is 3.27. The van der Waals surface area contributed by atoms with Gasteiger partial charge in [-0.05, 0) is 49.3 Å². The molecule has 0 unspecified atom stereocenters. The quantitative estimate of drug-likeness (QED) is 0.751. The highest BCUT2D eigenvalue weighted by molar-refractivity contribution is 6.32. The smallest absolute Gasteiger partial charge is 0.302 e. The number of hydrogen-bond donors (Lipinski definition) is 0. The Morgan fingerprint density at radius 2 is 2.30 bits per heavy atom. The summed E-state index contributed by atoms with van der Waals surface area (Å²) in [6.45, 7) is 3.27. The van der Waals surface area contributed by atoms with Crippen LogP contribution in [0.5, 0.6) is 5.75 Å². The van der Waals surface area contributed by atoms with Crippen molar-refractivity contribution in [3.8, 4) is 18.1 Å². The summed E-state index contributed by atoms with van der Waals surface area (Å²) < 4.78 is 5.67. The lowest BCUT2D eigenvalue weighted by Crippen LogP contribution is -2.30. The highest BCUT2D eigenvalue weighted by Crippen LogP contribution is 2.33. The van der Waals surface area contributed by atoms with Crippen molar-refractivity contribution in [2.45, 2.75) is 26.2 Å². The van der Waals surface area contributed by atoms with Gasteiger partial charge in [-0.1, -0.05) is 18.5 Å². The van der Waals surface area contributed by atoms with Crippen molar-refractivity contribution in [2.75, 3.05) is 18.1 Å². The molecule has 0 saturated heterocycles. The number of benzene rings is 1. The fourth-order valence-electron chi connectivity index (χ4n) is 1.92. The number of anilines is 1. The minimum Gasteiger partial charge on any atom is -0.492 e. The largest absolute Gasteiger partial charge is 0.492 e. The minimum absolute atomic E-state index is 0.352. The molecule has 1 fully saturated rings. The summed E-state index contributed by atoms with van der Waals surface area (Å²) >= 11 is 6.21. The van der Waals surface area contributed by atoms with E-state index in [1.807, 2.05) is 13.0 Å². The lowest BCUT2D eigenvalue weighted by Gasteiger charge is -2.20. The van der Waals surface area contributed by atoms with Crippen LogP contribution in [0.25, 0.3) is 0 Å². The zero-order chi connectivity index (χ0) is 14.5. The second-order valence-corrected chi connectivity index (χ2v) is 5.38. The first kappa shape index (κ1) is 14.7. The van der Waals surface area contributed by atoms with E-state index >= 15 is 0 Å². The van der Waals surface area contributed by atoms with E-state index in [9.17, 15) is 4.79 Å². The number of rotatable bonds is 6.